The van der Waals surface area contributed by atoms with Crippen molar-refractivity contribution >= 4 is 28.3 Å². The fourth-order valence-corrected chi connectivity index (χ4v) is 3.39. The summed E-state index contributed by atoms with van der Waals surface area (Å²) in [7, 11) is 1.55. The number of nitrogens with zero attached hydrogens (tertiary/aromatic N) is 2. The van der Waals surface area contributed by atoms with Gasteiger partial charge in [0.15, 0.2) is 5.13 Å². The molecule has 2 heterocycles. The molecule has 1 aromatic heterocycles. The molecule has 1 aliphatic rings. The van der Waals surface area contributed by atoms with Crippen LogP contribution in [0.15, 0.2) is 35.8 Å². The van der Waals surface area contributed by atoms with Crippen LogP contribution in [-0.2, 0) is 4.79 Å². The highest BCUT2D eigenvalue weighted by atomic mass is 32.1. The molecule has 1 aromatic carbocycles. The summed E-state index contributed by atoms with van der Waals surface area (Å²) in [5.41, 5.74) is 0.529. The van der Waals surface area contributed by atoms with Crippen LogP contribution in [0.1, 0.15) is 23.2 Å². The fraction of sp³-hybridized carbons (Fsp3) is 0.353. The van der Waals surface area contributed by atoms with Crippen LogP contribution in [0.4, 0.5) is 5.13 Å². The third kappa shape index (κ3) is 3.56. The van der Waals surface area contributed by atoms with Gasteiger partial charge in [0, 0.05) is 24.7 Å². The van der Waals surface area contributed by atoms with Gasteiger partial charge in [-0.25, -0.2) is 4.98 Å². The number of para-hydroxylation sites is 1. The fourth-order valence-electron chi connectivity index (χ4n) is 2.86. The minimum atomic E-state index is -0.221. The van der Waals surface area contributed by atoms with Gasteiger partial charge >= 0.3 is 0 Å². The summed E-state index contributed by atoms with van der Waals surface area (Å²) in [6.45, 7) is 1.06. The van der Waals surface area contributed by atoms with Crippen molar-refractivity contribution in [3.63, 3.8) is 0 Å². The molecule has 7 heteroatoms. The first kappa shape index (κ1) is 16.4. The van der Waals surface area contributed by atoms with Gasteiger partial charge in [-0.2, -0.15) is 0 Å². The van der Waals surface area contributed by atoms with Crippen LogP contribution in [0, 0.1) is 5.92 Å². The molecule has 0 spiro atoms. The Balaban J connectivity index is 1.68. The maximum absolute atomic E-state index is 12.8. The molecule has 0 radical (unpaired) electrons. The largest absolute Gasteiger partial charge is 0.496 e. The van der Waals surface area contributed by atoms with E-state index in [1.54, 1.807) is 30.3 Å². The van der Waals surface area contributed by atoms with E-state index in [2.05, 4.69) is 10.3 Å². The summed E-state index contributed by atoms with van der Waals surface area (Å²) < 4.78 is 5.27. The average molecular weight is 345 g/mol. The van der Waals surface area contributed by atoms with Crippen LogP contribution in [0.3, 0.4) is 0 Å². The van der Waals surface area contributed by atoms with Gasteiger partial charge in [0.05, 0.1) is 18.6 Å². The molecule has 1 saturated heterocycles. The molecule has 1 aliphatic heterocycles. The number of amides is 2. The van der Waals surface area contributed by atoms with Crippen molar-refractivity contribution in [1.82, 2.24) is 9.88 Å². The van der Waals surface area contributed by atoms with E-state index in [1.165, 1.54) is 11.3 Å². The maximum atomic E-state index is 12.8. The zero-order chi connectivity index (χ0) is 16.9. The third-order valence-electron chi connectivity index (χ3n) is 4.08. The molecule has 126 valence electrons. The van der Waals surface area contributed by atoms with E-state index >= 15 is 0 Å². The number of aromatic nitrogens is 1. The summed E-state index contributed by atoms with van der Waals surface area (Å²) in [6.07, 6.45) is 3.22. The zero-order valence-corrected chi connectivity index (χ0v) is 14.2. The Morgan fingerprint density at radius 3 is 2.96 bits per heavy atom. The summed E-state index contributed by atoms with van der Waals surface area (Å²) in [5, 5.41) is 5.22. The Hall–Kier alpha value is -2.41. The number of thiazole rings is 1. The number of nitrogens with one attached hydrogen (secondary N) is 1. The number of likely N-dealkylation sites (tertiary alicyclic amines) is 1. The van der Waals surface area contributed by atoms with E-state index in [4.69, 9.17) is 4.74 Å². The second-order valence-electron chi connectivity index (χ2n) is 5.62. The summed E-state index contributed by atoms with van der Waals surface area (Å²) in [5.74, 6) is 0.153. The summed E-state index contributed by atoms with van der Waals surface area (Å²) in [4.78, 5) is 30.9. The molecule has 3 rings (SSSR count). The predicted molar refractivity (Wildman–Crippen MR) is 92.4 cm³/mol. The van der Waals surface area contributed by atoms with Gasteiger partial charge in [-0.15, -0.1) is 11.3 Å². The van der Waals surface area contributed by atoms with Crippen molar-refractivity contribution in [2.24, 2.45) is 5.92 Å². The van der Waals surface area contributed by atoms with Crippen molar-refractivity contribution < 1.29 is 14.3 Å². The van der Waals surface area contributed by atoms with Crippen LogP contribution in [-0.4, -0.2) is 41.9 Å². The second kappa shape index (κ2) is 7.44. The molecule has 1 fully saturated rings. The van der Waals surface area contributed by atoms with Crippen molar-refractivity contribution in [3.8, 4) is 5.75 Å². The summed E-state index contributed by atoms with van der Waals surface area (Å²) >= 11 is 1.38. The Morgan fingerprint density at radius 2 is 2.21 bits per heavy atom. The number of carbonyl (C=O) groups is 2. The van der Waals surface area contributed by atoms with Gasteiger partial charge in [0.2, 0.25) is 5.91 Å². The Bertz CT molecular complexity index is 718. The number of methoxy groups -OCH3 is 1. The lowest BCUT2D eigenvalue weighted by Gasteiger charge is -2.32. The van der Waals surface area contributed by atoms with Crippen LogP contribution in [0.25, 0.3) is 0 Å². The predicted octanol–water partition coefficient (Wildman–Crippen LogP) is 2.64. The molecule has 24 heavy (non-hydrogen) atoms. The highest BCUT2D eigenvalue weighted by Crippen LogP contribution is 2.24. The lowest BCUT2D eigenvalue weighted by molar-refractivity contribution is -0.121. The zero-order valence-electron chi connectivity index (χ0n) is 13.4. The Labute approximate surface area is 144 Å². The van der Waals surface area contributed by atoms with Gasteiger partial charge in [-0.1, -0.05) is 12.1 Å². The van der Waals surface area contributed by atoms with Crippen molar-refractivity contribution in [2.75, 3.05) is 25.5 Å². The highest BCUT2D eigenvalue weighted by Gasteiger charge is 2.30. The summed E-state index contributed by atoms with van der Waals surface area (Å²) in [6, 6.07) is 7.16. The molecular formula is C17H19N3O3S. The topological polar surface area (TPSA) is 71.5 Å². The van der Waals surface area contributed by atoms with Gasteiger partial charge in [0.1, 0.15) is 5.75 Å². The number of anilines is 1. The molecule has 2 aromatic rings. The van der Waals surface area contributed by atoms with E-state index in [1.807, 2.05) is 17.5 Å². The smallest absolute Gasteiger partial charge is 0.257 e. The van der Waals surface area contributed by atoms with E-state index in [0.717, 1.165) is 12.8 Å². The minimum absolute atomic E-state index is 0.0810. The molecule has 0 aliphatic carbocycles. The maximum Gasteiger partial charge on any atom is 0.257 e. The first-order valence-electron chi connectivity index (χ1n) is 7.81. The number of carbonyl (C=O) groups excluding carboxylic acids is 2. The number of piperidine rings is 1. The molecule has 1 N–H and O–H groups in total. The van der Waals surface area contributed by atoms with Crippen molar-refractivity contribution in [2.45, 2.75) is 12.8 Å². The molecule has 0 saturated carbocycles. The van der Waals surface area contributed by atoms with Crippen LogP contribution >= 0.6 is 11.3 Å². The molecule has 0 unspecified atom stereocenters. The quantitative estimate of drug-likeness (QED) is 0.925. The number of hydrogen-bond donors (Lipinski definition) is 1. The average Bonchev–Trinajstić information content (AvgIpc) is 3.14. The lowest BCUT2D eigenvalue weighted by Crippen LogP contribution is -2.43. The van der Waals surface area contributed by atoms with Gasteiger partial charge in [0.25, 0.3) is 5.91 Å². The van der Waals surface area contributed by atoms with Crippen molar-refractivity contribution in [1.29, 1.82) is 0 Å². The van der Waals surface area contributed by atoms with Crippen LogP contribution < -0.4 is 10.1 Å². The monoisotopic (exact) mass is 345 g/mol. The molecule has 1 atom stereocenters. The van der Waals surface area contributed by atoms with Gasteiger partial charge in [-0.3, -0.25) is 9.59 Å². The minimum Gasteiger partial charge on any atom is -0.496 e. The standard InChI is InChI=1S/C17H19N3O3S/c1-23-14-7-3-2-6-13(14)16(22)20-9-4-5-12(11-20)15(21)19-17-18-8-10-24-17/h2-3,6-8,10,12H,4-5,9,11H2,1H3,(H,18,19,21)/t12-/m1/s1. The van der Waals surface area contributed by atoms with E-state index in [-0.39, 0.29) is 17.7 Å². The van der Waals surface area contributed by atoms with E-state index < -0.39 is 0 Å². The van der Waals surface area contributed by atoms with E-state index in [9.17, 15) is 9.59 Å². The van der Waals surface area contributed by atoms with Gasteiger partial charge < -0.3 is 15.0 Å². The molecule has 2 amide bonds. The second-order valence-corrected chi connectivity index (χ2v) is 6.51. The first-order valence-corrected chi connectivity index (χ1v) is 8.69. The van der Waals surface area contributed by atoms with Crippen LogP contribution in [0.2, 0.25) is 0 Å². The van der Waals surface area contributed by atoms with Crippen molar-refractivity contribution in [3.05, 3.63) is 41.4 Å². The number of benzene rings is 1. The molecule has 6 nitrogen and oxygen atoms in total. The lowest BCUT2D eigenvalue weighted by atomic mass is 9.96. The third-order valence-corrected chi connectivity index (χ3v) is 4.77. The number of rotatable bonds is 4. The number of ether oxygens (including phenoxy) is 1. The molecule has 0 bridgehead atoms. The normalized spacial score (nSPS) is 17.4. The first-order chi connectivity index (χ1) is 11.7. The molecular weight excluding hydrogens is 326 g/mol. The Kier molecular flexibility index (Phi) is 5.10. The van der Waals surface area contributed by atoms with Gasteiger partial charge in [-0.05, 0) is 25.0 Å². The number of hydrogen-bond acceptors (Lipinski definition) is 5. The Morgan fingerprint density at radius 1 is 1.38 bits per heavy atom. The highest BCUT2D eigenvalue weighted by molar-refractivity contribution is 7.13. The van der Waals surface area contributed by atoms with E-state index in [0.29, 0.717) is 29.5 Å². The van der Waals surface area contributed by atoms with Crippen LogP contribution in [0.5, 0.6) is 5.75 Å². The SMILES string of the molecule is COc1ccccc1C(=O)N1CCC[C@@H](C(=O)Nc2nccs2)C1.